The Morgan fingerprint density at radius 1 is 1.00 bits per heavy atom. The minimum absolute atomic E-state index is 0.692. The molecule has 1 atom stereocenters. The van der Waals surface area contributed by atoms with Gasteiger partial charge in [-0.25, -0.2) is 0 Å². The molecule has 2 aliphatic rings. The highest BCUT2D eigenvalue weighted by molar-refractivity contribution is 6.16. The second kappa shape index (κ2) is 6.87. The molecule has 2 aromatic carbocycles. The van der Waals surface area contributed by atoms with Crippen LogP contribution in [0.25, 0.3) is 5.57 Å². The van der Waals surface area contributed by atoms with Gasteiger partial charge in [0.25, 0.3) is 0 Å². The summed E-state index contributed by atoms with van der Waals surface area (Å²) in [5.74, 6) is 0.780. The lowest BCUT2D eigenvalue weighted by Crippen LogP contribution is -2.27. The molecule has 25 heavy (non-hydrogen) atoms. The van der Waals surface area contributed by atoms with Crippen molar-refractivity contribution in [2.75, 3.05) is 24.5 Å². The summed E-state index contributed by atoms with van der Waals surface area (Å²) in [7, 11) is 0. The molecule has 0 aromatic heterocycles. The van der Waals surface area contributed by atoms with Gasteiger partial charge in [0.1, 0.15) is 0 Å². The average molecular weight is 330 g/mol. The van der Waals surface area contributed by atoms with Gasteiger partial charge in [-0.05, 0) is 42.0 Å². The number of rotatable bonds is 2. The average Bonchev–Trinajstić information content (AvgIpc) is 2.87. The smallest absolute Gasteiger partial charge is 0.0729 e. The molecule has 2 nitrogen and oxygen atoms in total. The summed E-state index contributed by atoms with van der Waals surface area (Å²) in [5.41, 5.74) is 7.18. The molecule has 0 spiro atoms. The van der Waals surface area contributed by atoms with E-state index in [0.717, 1.165) is 17.2 Å². The molecule has 2 heteroatoms. The molecule has 2 aliphatic heterocycles. The number of anilines is 1. The van der Waals surface area contributed by atoms with Crippen LogP contribution in [0.4, 0.5) is 5.69 Å². The SMILES string of the molecule is C=C1CN=C(c2ccc(N3CCCCC(C)C3)cc2)c2ccccc21. The molecule has 0 saturated carbocycles. The van der Waals surface area contributed by atoms with Crippen LogP contribution in [0.1, 0.15) is 42.9 Å². The molecule has 0 N–H and O–H groups in total. The third-order valence-corrected chi connectivity index (χ3v) is 5.40. The Labute approximate surface area is 150 Å². The Morgan fingerprint density at radius 2 is 1.76 bits per heavy atom. The van der Waals surface area contributed by atoms with Crippen LogP contribution in [0.15, 0.2) is 60.1 Å². The molecule has 0 radical (unpaired) electrons. The Hall–Kier alpha value is -2.35. The van der Waals surface area contributed by atoms with E-state index in [0.29, 0.717) is 6.54 Å². The summed E-state index contributed by atoms with van der Waals surface area (Å²) in [4.78, 5) is 7.34. The summed E-state index contributed by atoms with van der Waals surface area (Å²) in [5, 5.41) is 0. The Bertz CT molecular complexity index is 801. The number of aliphatic imine (C=N–C) groups is 1. The van der Waals surface area contributed by atoms with Gasteiger partial charge in [-0.1, -0.05) is 56.3 Å². The van der Waals surface area contributed by atoms with Crippen molar-refractivity contribution in [3.8, 4) is 0 Å². The Kier molecular flexibility index (Phi) is 4.44. The van der Waals surface area contributed by atoms with E-state index >= 15 is 0 Å². The number of hydrogen-bond donors (Lipinski definition) is 0. The highest BCUT2D eigenvalue weighted by atomic mass is 15.1. The van der Waals surface area contributed by atoms with E-state index in [1.54, 1.807) is 0 Å². The third kappa shape index (κ3) is 3.26. The van der Waals surface area contributed by atoms with Crippen LogP contribution in [0.5, 0.6) is 0 Å². The van der Waals surface area contributed by atoms with Gasteiger partial charge in [-0.2, -0.15) is 0 Å². The predicted molar refractivity (Wildman–Crippen MR) is 108 cm³/mol. The van der Waals surface area contributed by atoms with E-state index in [2.05, 4.69) is 66.9 Å². The van der Waals surface area contributed by atoms with Crippen molar-refractivity contribution < 1.29 is 0 Å². The fourth-order valence-electron chi connectivity index (χ4n) is 4.01. The summed E-state index contributed by atoms with van der Waals surface area (Å²) < 4.78 is 0. The zero-order valence-corrected chi connectivity index (χ0v) is 15.0. The molecule has 4 rings (SSSR count). The first-order chi connectivity index (χ1) is 12.2. The number of nitrogens with zero attached hydrogens (tertiary/aromatic N) is 2. The standard InChI is InChI=1S/C23H26N2/c1-17-7-5-6-14-25(16-17)20-12-10-19(11-13-20)23-22-9-4-3-8-21(22)18(2)15-24-23/h3-4,8-13,17H,2,5-7,14-16H2,1H3. The fraction of sp³-hybridized carbons (Fsp3) is 0.348. The highest BCUT2D eigenvalue weighted by Gasteiger charge is 2.19. The Balaban J connectivity index is 1.61. The van der Waals surface area contributed by atoms with Crippen LogP contribution in [0.3, 0.4) is 0 Å². The maximum atomic E-state index is 4.79. The van der Waals surface area contributed by atoms with Gasteiger partial charge in [0.2, 0.25) is 0 Å². The minimum atomic E-state index is 0.692. The van der Waals surface area contributed by atoms with Crippen LogP contribution < -0.4 is 4.90 Å². The quantitative estimate of drug-likeness (QED) is 0.741. The molecule has 0 amide bonds. The van der Waals surface area contributed by atoms with E-state index in [9.17, 15) is 0 Å². The fourth-order valence-corrected chi connectivity index (χ4v) is 4.01. The number of fused-ring (bicyclic) bond motifs is 1. The summed E-state index contributed by atoms with van der Waals surface area (Å²) in [6.45, 7) is 9.57. The predicted octanol–water partition coefficient (Wildman–Crippen LogP) is 5.18. The molecular weight excluding hydrogens is 304 g/mol. The molecule has 128 valence electrons. The summed E-state index contributed by atoms with van der Waals surface area (Å²) in [6.07, 6.45) is 4.01. The van der Waals surface area contributed by atoms with Crippen molar-refractivity contribution in [2.24, 2.45) is 10.9 Å². The van der Waals surface area contributed by atoms with Crippen LogP contribution in [0.2, 0.25) is 0 Å². The molecule has 0 aliphatic carbocycles. The van der Waals surface area contributed by atoms with Crippen molar-refractivity contribution in [1.29, 1.82) is 0 Å². The van der Waals surface area contributed by atoms with Gasteiger partial charge < -0.3 is 4.90 Å². The lowest BCUT2D eigenvalue weighted by Gasteiger charge is -2.25. The second-order valence-electron chi connectivity index (χ2n) is 7.41. The first-order valence-electron chi connectivity index (χ1n) is 9.40. The Morgan fingerprint density at radius 3 is 2.56 bits per heavy atom. The van der Waals surface area contributed by atoms with E-state index in [1.165, 1.54) is 54.7 Å². The van der Waals surface area contributed by atoms with Crippen LogP contribution in [0, 0.1) is 5.92 Å². The molecule has 1 unspecified atom stereocenters. The van der Waals surface area contributed by atoms with Gasteiger partial charge in [0.15, 0.2) is 0 Å². The largest absolute Gasteiger partial charge is 0.371 e. The van der Waals surface area contributed by atoms with E-state index in [1.807, 2.05) is 0 Å². The topological polar surface area (TPSA) is 15.6 Å². The maximum Gasteiger partial charge on any atom is 0.0729 e. The van der Waals surface area contributed by atoms with Gasteiger partial charge in [0, 0.05) is 29.9 Å². The lowest BCUT2D eigenvalue weighted by atomic mass is 9.91. The molecule has 1 fully saturated rings. The normalized spacial score (nSPS) is 20.7. The van der Waals surface area contributed by atoms with Crippen molar-refractivity contribution in [3.63, 3.8) is 0 Å². The van der Waals surface area contributed by atoms with Gasteiger partial charge >= 0.3 is 0 Å². The van der Waals surface area contributed by atoms with E-state index in [-0.39, 0.29) is 0 Å². The van der Waals surface area contributed by atoms with Crippen LogP contribution in [-0.2, 0) is 0 Å². The maximum absolute atomic E-state index is 4.79. The third-order valence-electron chi connectivity index (χ3n) is 5.40. The van der Waals surface area contributed by atoms with E-state index < -0.39 is 0 Å². The molecule has 2 heterocycles. The van der Waals surface area contributed by atoms with Crippen molar-refractivity contribution in [3.05, 3.63) is 71.8 Å². The van der Waals surface area contributed by atoms with Crippen LogP contribution >= 0.6 is 0 Å². The first-order valence-corrected chi connectivity index (χ1v) is 9.40. The number of benzene rings is 2. The van der Waals surface area contributed by atoms with Crippen molar-refractivity contribution in [2.45, 2.75) is 26.2 Å². The van der Waals surface area contributed by atoms with E-state index in [4.69, 9.17) is 4.99 Å². The summed E-state index contributed by atoms with van der Waals surface area (Å²) >= 11 is 0. The monoisotopic (exact) mass is 330 g/mol. The number of hydrogen-bond acceptors (Lipinski definition) is 2. The first kappa shape index (κ1) is 16.1. The molecule has 1 saturated heterocycles. The summed E-state index contributed by atoms with van der Waals surface area (Å²) in [6, 6.07) is 17.5. The van der Waals surface area contributed by atoms with Gasteiger partial charge in [-0.3, -0.25) is 4.99 Å². The molecule has 0 bridgehead atoms. The lowest BCUT2D eigenvalue weighted by molar-refractivity contribution is 0.545. The highest BCUT2D eigenvalue weighted by Crippen LogP contribution is 2.28. The van der Waals surface area contributed by atoms with Crippen molar-refractivity contribution >= 4 is 17.0 Å². The zero-order valence-electron chi connectivity index (χ0n) is 15.0. The second-order valence-corrected chi connectivity index (χ2v) is 7.41. The zero-order chi connectivity index (χ0) is 17.2. The molecule has 2 aromatic rings. The van der Waals surface area contributed by atoms with Gasteiger partial charge in [0.05, 0.1) is 12.3 Å². The van der Waals surface area contributed by atoms with Gasteiger partial charge in [-0.15, -0.1) is 0 Å². The van der Waals surface area contributed by atoms with Crippen LogP contribution in [-0.4, -0.2) is 25.3 Å². The minimum Gasteiger partial charge on any atom is -0.371 e. The molecular formula is C23H26N2. The van der Waals surface area contributed by atoms with Crippen molar-refractivity contribution in [1.82, 2.24) is 0 Å².